The standard InChI is InChI=1S/C10H20N2O2/c1-8(7-14-3)10(13)12-5-4-11-9(2)6-12/h8-9,11H,4-7H2,1-3H3/t8-,9-/m1/s1. The third-order valence-electron chi connectivity index (χ3n) is 2.52. The number of hydrogen-bond donors (Lipinski definition) is 1. The SMILES string of the molecule is COC[C@@H](C)C(=O)N1CCN[C@H](C)C1. The van der Waals surface area contributed by atoms with Gasteiger partial charge in [0.1, 0.15) is 0 Å². The number of hydrogen-bond acceptors (Lipinski definition) is 3. The summed E-state index contributed by atoms with van der Waals surface area (Å²) in [6, 6.07) is 0.405. The second kappa shape index (κ2) is 5.32. The van der Waals surface area contributed by atoms with Crippen LogP contribution in [0.15, 0.2) is 0 Å². The number of carbonyl (C=O) groups excluding carboxylic acids is 1. The largest absolute Gasteiger partial charge is 0.384 e. The number of piperazine rings is 1. The molecule has 1 N–H and O–H groups in total. The summed E-state index contributed by atoms with van der Waals surface area (Å²) in [4.78, 5) is 13.8. The van der Waals surface area contributed by atoms with Crippen molar-refractivity contribution in [1.29, 1.82) is 0 Å². The van der Waals surface area contributed by atoms with Gasteiger partial charge in [0.25, 0.3) is 0 Å². The van der Waals surface area contributed by atoms with E-state index in [2.05, 4.69) is 12.2 Å². The highest BCUT2D eigenvalue weighted by molar-refractivity contribution is 5.78. The van der Waals surface area contributed by atoms with Crippen LogP contribution >= 0.6 is 0 Å². The van der Waals surface area contributed by atoms with Gasteiger partial charge in [-0.25, -0.2) is 0 Å². The van der Waals surface area contributed by atoms with E-state index >= 15 is 0 Å². The monoisotopic (exact) mass is 200 g/mol. The molecular formula is C10H20N2O2. The Bertz CT molecular complexity index is 197. The Morgan fingerprint density at radius 3 is 3.00 bits per heavy atom. The molecule has 1 rings (SSSR count). The number of amides is 1. The van der Waals surface area contributed by atoms with Crippen molar-refractivity contribution in [3.05, 3.63) is 0 Å². The molecule has 4 nitrogen and oxygen atoms in total. The molecule has 0 bridgehead atoms. The Morgan fingerprint density at radius 2 is 2.43 bits per heavy atom. The number of nitrogens with zero attached hydrogens (tertiary/aromatic N) is 1. The Hall–Kier alpha value is -0.610. The first-order chi connectivity index (χ1) is 6.65. The molecule has 0 saturated carbocycles. The molecule has 1 saturated heterocycles. The first-order valence-corrected chi connectivity index (χ1v) is 5.16. The van der Waals surface area contributed by atoms with Crippen molar-refractivity contribution in [2.24, 2.45) is 5.92 Å². The number of nitrogens with one attached hydrogen (secondary N) is 1. The molecule has 1 amide bonds. The fourth-order valence-corrected chi connectivity index (χ4v) is 1.77. The van der Waals surface area contributed by atoms with Crippen LogP contribution in [0.3, 0.4) is 0 Å². The molecule has 82 valence electrons. The van der Waals surface area contributed by atoms with Crippen LogP contribution < -0.4 is 5.32 Å². The third-order valence-corrected chi connectivity index (χ3v) is 2.52. The van der Waals surface area contributed by atoms with Crippen molar-refractivity contribution in [1.82, 2.24) is 10.2 Å². The van der Waals surface area contributed by atoms with Gasteiger partial charge in [-0.05, 0) is 6.92 Å². The first kappa shape index (κ1) is 11.5. The van der Waals surface area contributed by atoms with Gasteiger partial charge < -0.3 is 15.0 Å². The Labute approximate surface area is 85.6 Å². The number of carbonyl (C=O) groups is 1. The summed E-state index contributed by atoms with van der Waals surface area (Å²) in [6.45, 7) is 7.05. The van der Waals surface area contributed by atoms with E-state index in [-0.39, 0.29) is 11.8 Å². The van der Waals surface area contributed by atoms with E-state index in [1.165, 1.54) is 0 Å². The molecule has 1 heterocycles. The lowest BCUT2D eigenvalue weighted by molar-refractivity contribution is -0.137. The second-order valence-electron chi connectivity index (χ2n) is 4.00. The van der Waals surface area contributed by atoms with Crippen molar-refractivity contribution in [2.75, 3.05) is 33.4 Å². The van der Waals surface area contributed by atoms with E-state index in [1.807, 2.05) is 11.8 Å². The van der Waals surface area contributed by atoms with Gasteiger partial charge in [-0.1, -0.05) is 6.92 Å². The van der Waals surface area contributed by atoms with Crippen LogP contribution in [0.25, 0.3) is 0 Å². The van der Waals surface area contributed by atoms with E-state index in [1.54, 1.807) is 7.11 Å². The Balaban J connectivity index is 2.42. The highest BCUT2D eigenvalue weighted by Crippen LogP contribution is 2.06. The van der Waals surface area contributed by atoms with Gasteiger partial charge in [-0.15, -0.1) is 0 Å². The maximum absolute atomic E-state index is 11.9. The number of methoxy groups -OCH3 is 1. The quantitative estimate of drug-likeness (QED) is 0.702. The van der Waals surface area contributed by atoms with Gasteiger partial charge in [0.15, 0.2) is 0 Å². The molecule has 0 aromatic heterocycles. The summed E-state index contributed by atoms with van der Waals surface area (Å²) in [5, 5.41) is 3.31. The van der Waals surface area contributed by atoms with Gasteiger partial charge in [0.05, 0.1) is 12.5 Å². The fraction of sp³-hybridized carbons (Fsp3) is 0.900. The first-order valence-electron chi connectivity index (χ1n) is 5.16. The van der Waals surface area contributed by atoms with Crippen LogP contribution in [0.1, 0.15) is 13.8 Å². The predicted molar refractivity (Wildman–Crippen MR) is 55.1 cm³/mol. The topological polar surface area (TPSA) is 41.6 Å². The molecular weight excluding hydrogens is 180 g/mol. The minimum Gasteiger partial charge on any atom is -0.384 e. The lowest BCUT2D eigenvalue weighted by atomic mass is 10.1. The minimum absolute atomic E-state index is 0.0229. The van der Waals surface area contributed by atoms with Gasteiger partial charge in [0, 0.05) is 32.8 Å². The number of rotatable bonds is 3. The highest BCUT2D eigenvalue weighted by atomic mass is 16.5. The summed E-state index contributed by atoms with van der Waals surface area (Å²) < 4.78 is 4.98. The van der Waals surface area contributed by atoms with E-state index in [9.17, 15) is 4.79 Å². The molecule has 0 radical (unpaired) electrons. The zero-order valence-electron chi connectivity index (χ0n) is 9.25. The van der Waals surface area contributed by atoms with E-state index in [0.29, 0.717) is 12.6 Å². The average Bonchev–Trinajstić information content (AvgIpc) is 2.17. The lowest BCUT2D eigenvalue weighted by Gasteiger charge is -2.33. The maximum Gasteiger partial charge on any atom is 0.227 e. The van der Waals surface area contributed by atoms with Crippen LogP contribution in [0.2, 0.25) is 0 Å². The van der Waals surface area contributed by atoms with Crippen LogP contribution in [-0.2, 0) is 9.53 Å². The van der Waals surface area contributed by atoms with Crippen LogP contribution in [0.5, 0.6) is 0 Å². The molecule has 14 heavy (non-hydrogen) atoms. The van der Waals surface area contributed by atoms with Gasteiger partial charge >= 0.3 is 0 Å². The van der Waals surface area contributed by atoms with E-state index in [0.717, 1.165) is 19.6 Å². The molecule has 4 heteroatoms. The normalized spacial score (nSPS) is 24.8. The molecule has 0 aliphatic carbocycles. The molecule has 0 spiro atoms. The molecule has 0 unspecified atom stereocenters. The van der Waals surface area contributed by atoms with Crippen LogP contribution in [0.4, 0.5) is 0 Å². The highest BCUT2D eigenvalue weighted by Gasteiger charge is 2.24. The van der Waals surface area contributed by atoms with Gasteiger partial charge in [-0.2, -0.15) is 0 Å². The smallest absolute Gasteiger partial charge is 0.227 e. The lowest BCUT2D eigenvalue weighted by Crippen LogP contribution is -2.52. The summed E-state index contributed by atoms with van der Waals surface area (Å²) in [7, 11) is 1.63. The van der Waals surface area contributed by atoms with Crippen molar-refractivity contribution in [2.45, 2.75) is 19.9 Å². The van der Waals surface area contributed by atoms with Crippen molar-refractivity contribution in [3.63, 3.8) is 0 Å². The molecule has 2 atom stereocenters. The van der Waals surface area contributed by atoms with Crippen LogP contribution in [0, 0.1) is 5.92 Å². The Morgan fingerprint density at radius 1 is 1.71 bits per heavy atom. The number of ether oxygens (including phenoxy) is 1. The van der Waals surface area contributed by atoms with Crippen molar-refractivity contribution >= 4 is 5.91 Å². The third kappa shape index (κ3) is 2.96. The molecule has 1 aliphatic rings. The summed E-state index contributed by atoms with van der Waals surface area (Å²) >= 11 is 0. The van der Waals surface area contributed by atoms with Crippen molar-refractivity contribution < 1.29 is 9.53 Å². The van der Waals surface area contributed by atoms with Gasteiger partial charge in [-0.3, -0.25) is 4.79 Å². The van der Waals surface area contributed by atoms with Crippen LogP contribution in [-0.4, -0.2) is 50.2 Å². The molecule has 0 aromatic carbocycles. The fourth-order valence-electron chi connectivity index (χ4n) is 1.77. The van der Waals surface area contributed by atoms with Crippen molar-refractivity contribution in [3.8, 4) is 0 Å². The second-order valence-corrected chi connectivity index (χ2v) is 4.00. The van der Waals surface area contributed by atoms with E-state index < -0.39 is 0 Å². The van der Waals surface area contributed by atoms with E-state index in [4.69, 9.17) is 4.74 Å². The summed E-state index contributed by atoms with van der Waals surface area (Å²) in [6.07, 6.45) is 0. The minimum atomic E-state index is -0.0229. The summed E-state index contributed by atoms with van der Waals surface area (Å²) in [5.41, 5.74) is 0. The maximum atomic E-state index is 11.9. The molecule has 0 aromatic rings. The zero-order valence-corrected chi connectivity index (χ0v) is 9.25. The van der Waals surface area contributed by atoms with Gasteiger partial charge in [0.2, 0.25) is 5.91 Å². The zero-order chi connectivity index (χ0) is 10.6. The average molecular weight is 200 g/mol. The molecule has 1 aliphatic heterocycles. The summed E-state index contributed by atoms with van der Waals surface area (Å²) in [5.74, 6) is 0.186. The Kier molecular flexibility index (Phi) is 4.35. The molecule has 1 fully saturated rings. The predicted octanol–water partition coefficient (Wildman–Crippen LogP) is 0.0892.